The van der Waals surface area contributed by atoms with Gasteiger partial charge in [0.05, 0.1) is 12.0 Å². The summed E-state index contributed by atoms with van der Waals surface area (Å²) < 4.78 is 11.8. The summed E-state index contributed by atoms with van der Waals surface area (Å²) in [5.41, 5.74) is 4.51. The Morgan fingerprint density at radius 2 is 1.31 bits per heavy atom. The van der Waals surface area contributed by atoms with E-state index < -0.39 is 5.41 Å². The zero-order chi connectivity index (χ0) is 23.8. The van der Waals surface area contributed by atoms with Gasteiger partial charge >= 0.3 is 0 Å². The van der Waals surface area contributed by atoms with Crippen molar-refractivity contribution in [3.63, 3.8) is 0 Å². The molecule has 0 radical (unpaired) electrons. The van der Waals surface area contributed by atoms with Crippen LogP contribution in [0, 0.1) is 0 Å². The van der Waals surface area contributed by atoms with Crippen molar-refractivity contribution >= 4 is 5.78 Å². The molecular weight excluding hydrogens is 436 g/mol. The second-order valence-electron chi connectivity index (χ2n) is 9.16. The van der Waals surface area contributed by atoms with Crippen molar-refractivity contribution in [3.05, 3.63) is 130 Å². The molecule has 1 aliphatic carbocycles. The lowest BCUT2D eigenvalue weighted by Gasteiger charge is -2.41. The summed E-state index contributed by atoms with van der Waals surface area (Å²) in [4.78, 5) is 13.5. The van der Waals surface area contributed by atoms with Gasteiger partial charge in [-0.2, -0.15) is 0 Å². The Bertz CT molecular complexity index is 1320. The number of benzene rings is 4. The van der Waals surface area contributed by atoms with Crippen LogP contribution in [0.25, 0.3) is 0 Å². The van der Waals surface area contributed by atoms with Gasteiger partial charge in [-0.05, 0) is 59.4 Å². The fourth-order valence-corrected chi connectivity index (χ4v) is 5.55. The van der Waals surface area contributed by atoms with Crippen LogP contribution in [0.1, 0.15) is 57.4 Å². The van der Waals surface area contributed by atoms with E-state index in [0.717, 1.165) is 53.9 Å². The van der Waals surface area contributed by atoms with E-state index in [4.69, 9.17) is 9.47 Å². The highest BCUT2D eigenvalue weighted by molar-refractivity contribution is 6.14. The van der Waals surface area contributed by atoms with Crippen LogP contribution in [0.5, 0.6) is 11.5 Å². The predicted molar refractivity (Wildman–Crippen MR) is 134 cm³/mol. The molecule has 0 spiro atoms. The van der Waals surface area contributed by atoms with Crippen LogP contribution in [0.4, 0.5) is 0 Å². The topological polar surface area (TPSA) is 55.8 Å². The molecule has 1 heterocycles. The van der Waals surface area contributed by atoms with E-state index in [-0.39, 0.29) is 17.8 Å². The highest BCUT2D eigenvalue weighted by Crippen LogP contribution is 2.51. The Labute approximate surface area is 204 Å². The molecule has 0 aromatic heterocycles. The summed E-state index contributed by atoms with van der Waals surface area (Å²) >= 11 is 0. The van der Waals surface area contributed by atoms with Gasteiger partial charge in [-0.1, -0.05) is 72.8 Å². The van der Waals surface area contributed by atoms with Crippen molar-refractivity contribution in [2.24, 2.45) is 0 Å². The van der Waals surface area contributed by atoms with Crippen molar-refractivity contribution < 1.29 is 19.4 Å². The van der Waals surface area contributed by atoms with Gasteiger partial charge < -0.3 is 14.6 Å². The molecule has 1 aliphatic heterocycles. The van der Waals surface area contributed by atoms with Gasteiger partial charge in [0.25, 0.3) is 0 Å². The van der Waals surface area contributed by atoms with Crippen LogP contribution < -0.4 is 4.74 Å². The molecular formula is C31H26O4. The van der Waals surface area contributed by atoms with Crippen LogP contribution in [0.3, 0.4) is 0 Å². The smallest absolute Gasteiger partial charge is 0.199 e. The van der Waals surface area contributed by atoms with E-state index in [9.17, 15) is 9.90 Å². The van der Waals surface area contributed by atoms with Crippen molar-refractivity contribution in [1.82, 2.24) is 0 Å². The first-order valence-corrected chi connectivity index (χ1v) is 12.1. The average Bonchev–Trinajstić information content (AvgIpc) is 2.91. The molecule has 4 aromatic rings. The Hall–Kier alpha value is -3.89. The van der Waals surface area contributed by atoms with Gasteiger partial charge in [-0.3, -0.25) is 4.79 Å². The molecule has 4 heteroatoms. The maximum Gasteiger partial charge on any atom is 0.199 e. The standard InChI is InChI=1S/C31H26O4/c32-23-16-12-21(13-17-23)31(22-14-18-24(19-15-22)35-29-11-5-6-20-34-29)27-9-3-1-7-25(27)30(33)26-8-2-4-10-28(26)31/h1-4,7-10,12-19,29,32H,5-6,11,20H2. The third-order valence-corrected chi connectivity index (χ3v) is 7.14. The molecule has 1 N–H and O–H groups in total. The van der Waals surface area contributed by atoms with Gasteiger partial charge in [-0.25, -0.2) is 0 Å². The fourth-order valence-electron chi connectivity index (χ4n) is 5.55. The molecule has 2 aliphatic rings. The summed E-state index contributed by atoms with van der Waals surface area (Å²) in [6, 6.07) is 31.1. The normalized spacial score (nSPS) is 18.4. The molecule has 0 bridgehead atoms. The lowest BCUT2D eigenvalue weighted by atomic mass is 9.59. The van der Waals surface area contributed by atoms with E-state index in [2.05, 4.69) is 12.1 Å². The molecule has 4 aromatic carbocycles. The molecule has 174 valence electrons. The number of carbonyl (C=O) groups excluding carboxylic acids is 1. The fraction of sp³-hybridized carbons (Fsp3) is 0.194. The number of hydrogen-bond acceptors (Lipinski definition) is 4. The van der Waals surface area contributed by atoms with E-state index >= 15 is 0 Å². The molecule has 1 atom stereocenters. The molecule has 1 fully saturated rings. The van der Waals surface area contributed by atoms with E-state index in [0.29, 0.717) is 11.1 Å². The van der Waals surface area contributed by atoms with Gasteiger partial charge in [0.15, 0.2) is 12.1 Å². The summed E-state index contributed by atoms with van der Waals surface area (Å²) in [5.74, 6) is 0.989. The number of ketones is 1. The van der Waals surface area contributed by atoms with Gasteiger partial charge in [-0.15, -0.1) is 0 Å². The zero-order valence-corrected chi connectivity index (χ0v) is 19.3. The number of rotatable bonds is 4. The summed E-state index contributed by atoms with van der Waals surface area (Å²) in [6.45, 7) is 0.730. The van der Waals surface area contributed by atoms with Crippen LogP contribution >= 0.6 is 0 Å². The summed E-state index contributed by atoms with van der Waals surface area (Å²) in [6.07, 6.45) is 2.86. The minimum absolute atomic E-state index is 0.0278. The maximum atomic E-state index is 13.5. The first-order valence-electron chi connectivity index (χ1n) is 12.1. The molecule has 1 saturated heterocycles. The van der Waals surface area contributed by atoms with Gasteiger partial charge in [0.1, 0.15) is 11.5 Å². The zero-order valence-electron chi connectivity index (χ0n) is 19.3. The summed E-state index contributed by atoms with van der Waals surface area (Å²) in [7, 11) is 0. The van der Waals surface area contributed by atoms with Gasteiger partial charge in [0.2, 0.25) is 0 Å². The number of phenols is 1. The van der Waals surface area contributed by atoms with Crippen molar-refractivity contribution in [1.29, 1.82) is 0 Å². The predicted octanol–water partition coefficient (Wildman–Crippen LogP) is 6.22. The Kier molecular flexibility index (Phi) is 5.39. The average molecular weight is 463 g/mol. The molecule has 4 nitrogen and oxygen atoms in total. The van der Waals surface area contributed by atoms with E-state index in [1.54, 1.807) is 12.1 Å². The first kappa shape index (κ1) is 21.6. The molecule has 6 rings (SSSR count). The second-order valence-corrected chi connectivity index (χ2v) is 9.16. The lowest BCUT2D eigenvalue weighted by Crippen LogP contribution is -2.38. The second kappa shape index (κ2) is 8.71. The Morgan fingerprint density at radius 3 is 1.89 bits per heavy atom. The molecule has 0 saturated carbocycles. The first-order chi connectivity index (χ1) is 17.2. The van der Waals surface area contributed by atoms with Crippen LogP contribution in [0.2, 0.25) is 0 Å². The summed E-state index contributed by atoms with van der Waals surface area (Å²) in [5, 5.41) is 10.1. The molecule has 0 amide bonds. The number of aromatic hydroxyl groups is 1. The number of carbonyl (C=O) groups is 1. The quantitative estimate of drug-likeness (QED) is 0.344. The monoisotopic (exact) mass is 462 g/mol. The molecule has 1 unspecified atom stereocenters. The highest BCUT2D eigenvalue weighted by atomic mass is 16.7. The van der Waals surface area contributed by atoms with Crippen molar-refractivity contribution in [2.45, 2.75) is 31.0 Å². The van der Waals surface area contributed by atoms with Gasteiger partial charge in [0, 0.05) is 17.5 Å². The third-order valence-electron chi connectivity index (χ3n) is 7.14. The number of phenolic OH excluding ortho intramolecular Hbond substituents is 1. The SMILES string of the molecule is O=C1c2ccccc2C(c2ccc(O)cc2)(c2ccc(OC3CCCCO3)cc2)c2ccccc21. The lowest BCUT2D eigenvalue weighted by molar-refractivity contribution is -0.105. The highest BCUT2D eigenvalue weighted by Gasteiger charge is 2.46. The number of ether oxygens (including phenoxy) is 2. The number of hydrogen-bond donors (Lipinski definition) is 1. The Balaban J connectivity index is 1.57. The van der Waals surface area contributed by atoms with Crippen LogP contribution in [-0.2, 0) is 10.2 Å². The third kappa shape index (κ3) is 3.53. The van der Waals surface area contributed by atoms with Crippen molar-refractivity contribution in [2.75, 3.05) is 6.61 Å². The van der Waals surface area contributed by atoms with E-state index in [1.807, 2.05) is 72.8 Å². The number of fused-ring (bicyclic) bond motifs is 2. The largest absolute Gasteiger partial charge is 0.508 e. The maximum absolute atomic E-state index is 13.5. The van der Waals surface area contributed by atoms with Crippen LogP contribution in [-0.4, -0.2) is 23.8 Å². The van der Waals surface area contributed by atoms with Crippen molar-refractivity contribution in [3.8, 4) is 11.5 Å². The van der Waals surface area contributed by atoms with Crippen LogP contribution in [0.15, 0.2) is 97.1 Å². The minimum atomic E-state index is -0.728. The minimum Gasteiger partial charge on any atom is -0.508 e. The van der Waals surface area contributed by atoms with E-state index in [1.165, 1.54) is 0 Å². The molecule has 35 heavy (non-hydrogen) atoms. The Morgan fingerprint density at radius 1 is 0.743 bits per heavy atom.